The van der Waals surface area contributed by atoms with Crippen LogP contribution in [0.1, 0.15) is 42.3 Å². The number of amides is 2. The Labute approximate surface area is 130 Å². The molecule has 2 aromatic rings. The normalized spacial score (nSPS) is 13.2. The molecule has 0 saturated carbocycles. The number of carbonyl (C=O) groups excluding carboxylic acids is 3. The van der Waals surface area contributed by atoms with Crippen molar-refractivity contribution in [2.45, 2.75) is 13.8 Å². The second-order valence-electron chi connectivity index (χ2n) is 5.15. The van der Waals surface area contributed by atoms with Crippen LogP contribution < -0.4 is 5.56 Å². The van der Waals surface area contributed by atoms with Crippen LogP contribution in [0.3, 0.4) is 0 Å². The fourth-order valence-electron chi connectivity index (χ4n) is 2.26. The number of rotatable bonds is 2. The molecule has 7 heteroatoms. The van der Waals surface area contributed by atoms with Crippen LogP contribution in [0.4, 0.5) is 0 Å². The molecule has 1 aliphatic heterocycles. The molecule has 0 saturated heterocycles. The molecule has 23 heavy (non-hydrogen) atoms. The van der Waals surface area contributed by atoms with Crippen molar-refractivity contribution in [3.63, 3.8) is 0 Å². The van der Waals surface area contributed by atoms with E-state index in [9.17, 15) is 19.2 Å². The number of benzene rings is 1. The van der Waals surface area contributed by atoms with Crippen molar-refractivity contribution < 1.29 is 19.2 Å². The lowest BCUT2D eigenvalue weighted by molar-refractivity contribution is -0.0585. The van der Waals surface area contributed by atoms with Crippen molar-refractivity contribution >= 4 is 17.8 Å². The highest BCUT2D eigenvalue weighted by Crippen LogP contribution is 2.23. The third kappa shape index (κ3) is 2.32. The smallest absolute Gasteiger partial charge is 0.326 e. The van der Waals surface area contributed by atoms with Gasteiger partial charge in [-0.05, 0) is 37.6 Å². The van der Waals surface area contributed by atoms with Crippen LogP contribution in [-0.4, -0.2) is 27.8 Å². The number of nitrogens with one attached hydrogen (secondary N) is 1. The Morgan fingerprint density at radius 2 is 1.61 bits per heavy atom. The van der Waals surface area contributed by atoms with E-state index in [2.05, 4.69) is 4.98 Å². The summed E-state index contributed by atoms with van der Waals surface area (Å²) in [6.07, 6.45) is 0. The van der Waals surface area contributed by atoms with Gasteiger partial charge in [-0.25, -0.2) is 4.79 Å². The Morgan fingerprint density at radius 3 is 2.17 bits per heavy atom. The Hall–Kier alpha value is -3.22. The summed E-state index contributed by atoms with van der Waals surface area (Å²) < 4.78 is 0. The summed E-state index contributed by atoms with van der Waals surface area (Å²) >= 11 is 0. The van der Waals surface area contributed by atoms with Crippen molar-refractivity contribution in [3.05, 3.63) is 68.6 Å². The number of hydroxylamine groups is 2. The average Bonchev–Trinajstić information content (AvgIpc) is 2.76. The molecule has 1 aromatic carbocycles. The number of aryl methyl sites for hydroxylation is 2. The first-order valence-electron chi connectivity index (χ1n) is 6.81. The van der Waals surface area contributed by atoms with E-state index in [-0.39, 0.29) is 16.7 Å². The molecule has 1 N–H and O–H groups in total. The molecule has 2 amide bonds. The quantitative estimate of drug-likeness (QED) is 0.845. The van der Waals surface area contributed by atoms with Crippen LogP contribution in [0.25, 0.3) is 0 Å². The van der Waals surface area contributed by atoms with Gasteiger partial charge in [-0.1, -0.05) is 17.2 Å². The van der Waals surface area contributed by atoms with E-state index in [0.29, 0.717) is 16.3 Å². The van der Waals surface area contributed by atoms with Gasteiger partial charge < -0.3 is 9.82 Å². The molecular weight excluding hydrogens is 300 g/mol. The summed E-state index contributed by atoms with van der Waals surface area (Å²) in [5.41, 5.74) is 0.684. The van der Waals surface area contributed by atoms with Gasteiger partial charge in [-0.3, -0.25) is 14.4 Å². The van der Waals surface area contributed by atoms with Crippen molar-refractivity contribution in [3.8, 4) is 0 Å². The SMILES string of the molecule is Cc1cc(C(=O)ON2C(=O)c3ccccc3C2=O)c(=O)[nH]c1C. The van der Waals surface area contributed by atoms with Gasteiger partial charge >= 0.3 is 5.97 Å². The van der Waals surface area contributed by atoms with Gasteiger partial charge in [-0.15, -0.1) is 0 Å². The van der Waals surface area contributed by atoms with Crippen LogP contribution in [0.2, 0.25) is 0 Å². The minimum atomic E-state index is -1.07. The highest BCUT2D eigenvalue weighted by molar-refractivity contribution is 6.21. The van der Waals surface area contributed by atoms with Crippen LogP contribution in [0.5, 0.6) is 0 Å². The largest absolute Gasteiger partial charge is 0.369 e. The van der Waals surface area contributed by atoms with E-state index in [1.807, 2.05) is 0 Å². The Kier molecular flexibility index (Phi) is 3.33. The zero-order chi connectivity index (χ0) is 16.7. The molecular formula is C16H12N2O5. The first-order valence-corrected chi connectivity index (χ1v) is 6.81. The highest BCUT2D eigenvalue weighted by atomic mass is 16.7. The predicted molar refractivity (Wildman–Crippen MR) is 78.9 cm³/mol. The van der Waals surface area contributed by atoms with Crippen LogP contribution in [0, 0.1) is 13.8 Å². The minimum Gasteiger partial charge on any atom is -0.326 e. The van der Waals surface area contributed by atoms with Gasteiger partial charge in [0, 0.05) is 5.69 Å². The van der Waals surface area contributed by atoms with E-state index >= 15 is 0 Å². The first-order chi connectivity index (χ1) is 10.9. The predicted octanol–water partition coefficient (Wildman–Crippen LogP) is 1.36. The molecule has 0 radical (unpaired) electrons. The number of carbonyl (C=O) groups is 3. The molecule has 0 bridgehead atoms. The van der Waals surface area contributed by atoms with Crippen molar-refractivity contribution in [1.82, 2.24) is 10.0 Å². The fraction of sp³-hybridized carbons (Fsp3) is 0.125. The molecule has 1 aromatic heterocycles. The zero-order valence-corrected chi connectivity index (χ0v) is 12.4. The minimum absolute atomic E-state index is 0.152. The summed E-state index contributed by atoms with van der Waals surface area (Å²) in [7, 11) is 0. The maximum Gasteiger partial charge on any atom is 0.369 e. The van der Waals surface area contributed by atoms with E-state index in [1.54, 1.807) is 26.0 Å². The summed E-state index contributed by atoms with van der Waals surface area (Å²) in [6, 6.07) is 7.49. The third-order valence-corrected chi connectivity index (χ3v) is 3.65. The van der Waals surface area contributed by atoms with Crippen molar-refractivity contribution in [2.75, 3.05) is 0 Å². The number of aromatic amines is 1. The maximum atomic E-state index is 12.1. The second kappa shape index (κ2) is 5.20. The molecule has 1 aliphatic rings. The number of hydrogen-bond donors (Lipinski definition) is 1. The van der Waals surface area contributed by atoms with Crippen LogP contribution >= 0.6 is 0 Å². The zero-order valence-electron chi connectivity index (χ0n) is 12.4. The Morgan fingerprint density at radius 1 is 1.04 bits per heavy atom. The first kappa shape index (κ1) is 14.7. The van der Waals surface area contributed by atoms with Gasteiger partial charge in [0.1, 0.15) is 5.56 Å². The molecule has 0 spiro atoms. The van der Waals surface area contributed by atoms with Crippen molar-refractivity contribution in [2.24, 2.45) is 0 Å². The van der Waals surface area contributed by atoms with Crippen molar-refractivity contribution in [1.29, 1.82) is 0 Å². The summed E-state index contributed by atoms with van der Waals surface area (Å²) in [5, 5.41) is 0.377. The lowest BCUT2D eigenvalue weighted by atomic mass is 10.1. The van der Waals surface area contributed by atoms with Gasteiger partial charge in [0.05, 0.1) is 11.1 Å². The third-order valence-electron chi connectivity index (χ3n) is 3.65. The molecule has 0 atom stereocenters. The molecule has 7 nitrogen and oxygen atoms in total. The van der Waals surface area contributed by atoms with E-state index in [4.69, 9.17) is 4.84 Å². The molecule has 0 unspecified atom stereocenters. The maximum absolute atomic E-state index is 12.1. The summed E-state index contributed by atoms with van der Waals surface area (Å²) in [5.74, 6) is -2.54. The number of imide groups is 1. The lowest BCUT2D eigenvalue weighted by Gasteiger charge is -2.12. The lowest BCUT2D eigenvalue weighted by Crippen LogP contribution is -2.34. The van der Waals surface area contributed by atoms with Crippen LogP contribution in [0.15, 0.2) is 35.1 Å². The summed E-state index contributed by atoms with van der Waals surface area (Å²) in [4.78, 5) is 55.6. The van der Waals surface area contributed by atoms with Gasteiger partial charge in [0.25, 0.3) is 17.4 Å². The molecule has 116 valence electrons. The molecule has 0 fully saturated rings. The van der Waals surface area contributed by atoms with Crippen LogP contribution in [-0.2, 0) is 4.84 Å². The van der Waals surface area contributed by atoms with Gasteiger partial charge in [-0.2, -0.15) is 0 Å². The number of hydrogen-bond acceptors (Lipinski definition) is 5. The fourth-order valence-corrected chi connectivity index (χ4v) is 2.26. The monoisotopic (exact) mass is 312 g/mol. The number of aromatic nitrogens is 1. The van der Waals surface area contributed by atoms with E-state index in [1.165, 1.54) is 18.2 Å². The molecule has 0 aliphatic carbocycles. The number of H-pyrrole nitrogens is 1. The number of nitrogens with zero attached hydrogens (tertiary/aromatic N) is 1. The Balaban J connectivity index is 1.91. The number of pyridine rings is 1. The van der Waals surface area contributed by atoms with Gasteiger partial charge in [0.15, 0.2) is 0 Å². The molecule has 3 rings (SSSR count). The second-order valence-corrected chi connectivity index (χ2v) is 5.15. The number of fused-ring (bicyclic) bond motifs is 1. The standard InChI is InChI=1S/C16H12N2O5/c1-8-7-12(13(19)17-9(8)2)16(22)23-18-14(20)10-5-3-4-6-11(10)15(18)21/h3-7H,1-2H3,(H,17,19). The van der Waals surface area contributed by atoms with Gasteiger partial charge in [0.2, 0.25) is 0 Å². The van der Waals surface area contributed by atoms with E-state index < -0.39 is 23.3 Å². The molecule has 2 heterocycles. The Bertz CT molecular complexity index is 878. The summed E-state index contributed by atoms with van der Waals surface area (Å²) in [6.45, 7) is 3.40. The average molecular weight is 312 g/mol. The topological polar surface area (TPSA) is 96.5 Å². The highest BCUT2D eigenvalue weighted by Gasteiger charge is 2.39. The van der Waals surface area contributed by atoms with E-state index in [0.717, 1.165) is 0 Å².